The Morgan fingerprint density at radius 2 is 0.939 bits per heavy atom. The average molecular weight is 512 g/mol. The molecule has 1 atom stereocenters. The molecule has 202 valence electrons. The summed E-state index contributed by atoms with van der Waals surface area (Å²) in [6, 6.07) is 0.600. The molecular weight excluding hydrogens is 452 g/mol. The summed E-state index contributed by atoms with van der Waals surface area (Å²) in [5.74, 6) is 0. The second-order valence-electron chi connectivity index (χ2n) is 10.3. The van der Waals surface area contributed by atoms with Gasteiger partial charge in [-0.2, -0.15) is 0 Å². The van der Waals surface area contributed by atoms with Gasteiger partial charge in [-0.3, -0.25) is 0 Å². The van der Waals surface area contributed by atoms with Gasteiger partial charge in [0.25, 0.3) is 0 Å². The first-order valence-electron chi connectivity index (χ1n) is 13.3. The molecule has 7 heteroatoms. The van der Waals surface area contributed by atoms with Crippen molar-refractivity contribution in [1.29, 1.82) is 0 Å². The van der Waals surface area contributed by atoms with Gasteiger partial charge in [-0.1, -0.05) is 124 Å². The van der Waals surface area contributed by atoms with E-state index in [1.54, 1.807) is 21.3 Å². The van der Waals surface area contributed by atoms with Gasteiger partial charge in [0.1, 0.15) is 0 Å². The van der Waals surface area contributed by atoms with Crippen molar-refractivity contribution < 1.29 is 13.3 Å². The number of nitrogens with two attached hydrogens (primary N) is 1. The summed E-state index contributed by atoms with van der Waals surface area (Å²) in [5.41, 5.74) is 6.20. The zero-order chi connectivity index (χ0) is 24.3. The number of hydrogen-bond donors (Lipinski definition) is 2. The van der Waals surface area contributed by atoms with Crippen molar-refractivity contribution in [2.24, 2.45) is 11.1 Å². The summed E-state index contributed by atoms with van der Waals surface area (Å²) >= 11 is 6.80. The van der Waals surface area contributed by atoms with Crippen LogP contribution in [0.3, 0.4) is 0 Å². The van der Waals surface area contributed by atoms with E-state index >= 15 is 0 Å². The monoisotopic (exact) mass is 511 g/mol. The van der Waals surface area contributed by atoms with Gasteiger partial charge in [-0.15, -0.1) is 11.6 Å². The van der Waals surface area contributed by atoms with Crippen LogP contribution in [0.1, 0.15) is 130 Å². The highest BCUT2D eigenvalue weighted by Gasteiger charge is 2.50. The normalized spacial score (nSPS) is 14.2. The number of alkyl halides is 1. The van der Waals surface area contributed by atoms with E-state index in [0.717, 1.165) is 12.8 Å². The maximum Gasteiger partial charge on any atom is 0.500 e. The van der Waals surface area contributed by atoms with Crippen LogP contribution in [0, 0.1) is 5.41 Å². The maximum atomic E-state index is 6.80. The summed E-state index contributed by atoms with van der Waals surface area (Å²) in [6.45, 7) is 6.46. The molecule has 0 spiro atoms. The van der Waals surface area contributed by atoms with Crippen LogP contribution in [-0.4, -0.2) is 35.1 Å². The Labute approximate surface area is 213 Å². The molecule has 5 nitrogen and oxygen atoms in total. The predicted molar refractivity (Wildman–Crippen MR) is 148 cm³/mol. The third-order valence-corrected chi connectivity index (χ3v) is 11.0. The Bertz CT molecular complexity index is 427. The molecule has 0 aliphatic heterocycles. The first-order valence-corrected chi connectivity index (χ1v) is 15.6. The fraction of sp³-hybridized carbons (Fsp3) is 1.00. The standard InChI is InChI=1S/C26H56ClNO3Si.H3N/c1-7-8-9-10-11-12-13-14-15-16-17-18-19-20-21-22-23-26(27,28)25(2,3)24-32(29-4,30-5)31-6;/h7-24,28H2,1-6H3;1H3/p+1. The minimum absolute atomic E-state index is 0. The van der Waals surface area contributed by atoms with Gasteiger partial charge in [0.2, 0.25) is 0 Å². The van der Waals surface area contributed by atoms with E-state index in [1.165, 1.54) is 96.3 Å². The Kier molecular flexibility index (Phi) is 22.0. The Morgan fingerprint density at radius 1 is 0.636 bits per heavy atom. The summed E-state index contributed by atoms with van der Waals surface area (Å²) in [5, 5.41) is 0. The molecule has 0 bridgehead atoms. The van der Waals surface area contributed by atoms with Crippen molar-refractivity contribution in [2.45, 2.75) is 141 Å². The van der Waals surface area contributed by atoms with E-state index in [2.05, 4.69) is 20.8 Å². The van der Waals surface area contributed by atoms with E-state index < -0.39 is 13.8 Å². The van der Waals surface area contributed by atoms with Crippen molar-refractivity contribution in [2.75, 3.05) is 21.3 Å². The third kappa shape index (κ3) is 15.8. The minimum atomic E-state index is -2.72. The van der Waals surface area contributed by atoms with Crippen molar-refractivity contribution >= 4 is 20.4 Å². The lowest BCUT2D eigenvalue weighted by Crippen LogP contribution is -2.55. The van der Waals surface area contributed by atoms with Crippen molar-refractivity contribution in [3.63, 3.8) is 0 Å². The van der Waals surface area contributed by atoms with E-state index in [0.29, 0.717) is 6.04 Å². The minimum Gasteiger partial charge on any atom is -0.377 e. The Hall–Kier alpha value is 0.307. The summed E-state index contributed by atoms with van der Waals surface area (Å²) in [6.07, 6.45) is 22.6. The molecule has 6 N–H and O–H groups in total. The largest absolute Gasteiger partial charge is 0.500 e. The molecule has 0 aliphatic carbocycles. The summed E-state index contributed by atoms with van der Waals surface area (Å²) < 4.78 is 16.7. The number of rotatable bonds is 23. The summed E-state index contributed by atoms with van der Waals surface area (Å²) in [4.78, 5) is -0.795. The van der Waals surface area contributed by atoms with Crippen LogP contribution in [0.25, 0.3) is 0 Å². The highest BCUT2D eigenvalue weighted by Crippen LogP contribution is 2.43. The molecule has 0 aromatic carbocycles. The van der Waals surface area contributed by atoms with Crippen molar-refractivity contribution in [3.05, 3.63) is 0 Å². The topological polar surface area (TPSA) is 90.2 Å². The molecule has 0 aromatic rings. The molecule has 0 heterocycles. The second-order valence-corrected chi connectivity index (χ2v) is 13.9. The quantitative estimate of drug-likeness (QED) is 0.0620. The molecule has 0 rings (SSSR count). The maximum absolute atomic E-state index is 6.80. The van der Waals surface area contributed by atoms with Crippen LogP contribution in [0.2, 0.25) is 6.04 Å². The fourth-order valence-corrected chi connectivity index (χ4v) is 7.07. The fourth-order valence-electron chi connectivity index (χ4n) is 4.42. The number of quaternary nitrogens is 1. The smallest absolute Gasteiger partial charge is 0.377 e. The molecule has 0 aliphatic rings. The molecular formula is C26H60ClN2O3Si+. The number of halogens is 1. The third-order valence-electron chi connectivity index (χ3n) is 7.11. The molecule has 0 saturated heterocycles. The molecule has 1 unspecified atom stereocenters. The highest BCUT2D eigenvalue weighted by molar-refractivity contribution is 6.60. The SMILES string of the molecule is CCCCCCCCCCCCCCCCCCC(N)(Cl)C(C)(C)C[Si](OC)(OC)OC.[NH4+]. The van der Waals surface area contributed by atoms with Crippen LogP contribution < -0.4 is 11.9 Å². The van der Waals surface area contributed by atoms with Gasteiger partial charge in [-0.25, -0.2) is 0 Å². The lowest BCUT2D eigenvalue weighted by molar-refractivity contribution is 0.100. The van der Waals surface area contributed by atoms with Crippen molar-refractivity contribution in [1.82, 2.24) is 6.15 Å². The Balaban J connectivity index is 0. The second kappa shape index (κ2) is 20.5. The van der Waals surface area contributed by atoms with Crippen LogP contribution in [-0.2, 0) is 13.3 Å². The molecule has 0 aromatic heterocycles. The zero-order valence-electron chi connectivity index (χ0n) is 23.4. The zero-order valence-corrected chi connectivity index (χ0v) is 25.2. The van der Waals surface area contributed by atoms with E-state index in [1.807, 2.05) is 0 Å². The van der Waals surface area contributed by atoms with Crippen molar-refractivity contribution in [3.8, 4) is 0 Å². The lowest BCUT2D eigenvalue weighted by Gasteiger charge is -2.42. The van der Waals surface area contributed by atoms with Crippen LogP contribution in [0.4, 0.5) is 0 Å². The number of unbranched alkanes of at least 4 members (excludes halogenated alkanes) is 15. The molecule has 0 saturated carbocycles. The first kappa shape index (κ1) is 35.5. The molecule has 0 fully saturated rings. The number of hydrogen-bond acceptors (Lipinski definition) is 4. The van der Waals surface area contributed by atoms with Gasteiger partial charge in [0.05, 0.1) is 5.00 Å². The van der Waals surface area contributed by atoms with Gasteiger partial charge < -0.3 is 25.2 Å². The van der Waals surface area contributed by atoms with Gasteiger partial charge in [0.15, 0.2) is 0 Å². The molecule has 33 heavy (non-hydrogen) atoms. The first-order chi connectivity index (χ1) is 15.2. The van der Waals surface area contributed by atoms with Crippen LogP contribution in [0.5, 0.6) is 0 Å². The van der Waals surface area contributed by atoms with Gasteiger partial charge >= 0.3 is 8.80 Å². The predicted octanol–water partition coefficient (Wildman–Crippen LogP) is 8.81. The Morgan fingerprint density at radius 3 is 1.24 bits per heavy atom. The van der Waals surface area contributed by atoms with E-state index in [-0.39, 0.29) is 11.6 Å². The van der Waals surface area contributed by atoms with E-state index in [4.69, 9.17) is 30.6 Å². The lowest BCUT2D eigenvalue weighted by atomic mass is 9.83. The highest BCUT2D eigenvalue weighted by atomic mass is 35.5. The van der Waals surface area contributed by atoms with Crippen LogP contribution >= 0.6 is 11.6 Å². The molecule has 0 radical (unpaired) electrons. The summed E-state index contributed by atoms with van der Waals surface area (Å²) in [7, 11) is 2.19. The van der Waals surface area contributed by atoms with Crippen LogP contribution in [0.15, 0.2) is 0 Å². The average Bonchev–Trinajstić information content (AvgIpc) is 2.77. The molecule has 0 amide bonds. The van der Waals surface area contributed by atoms with E-state index in [9.17, 15) is 0 Å². The van der Waals surface area contributed by atoms with Gasteiger partial charge in [0, 0.05) is 32.8 Å². The van der Waals surface area contributed by atoms with Gasteiger partial charge in [-0.05, 0) is 6.42 Å².